The summed E-state index contributed by atoms with van der Waals surface area (Å²) < 4.78 is 10.8. The summed E-state index contributed by atoms with van der Waals surface area (Å²) in [5, 5.41) is 0. The van der Waals surface area contributed by atoms with Gasteiger partial charge in [0.15, 0.2) is 0 Å². The second-order valence-electron chi connectivity index (χ2n) is 12.2. The average molecular weight is 616 g/mol. The summed E-state index contributed by atoms with van der Waals surface area (Å²) in [7, 11) is 0. The van der Waals surface area contributed by atoms with Crippen LogP contribution >= 0.6 is 11.6 Å². The van der Waals surface area contributed by atoms with Crippen molar-refractivity contribution in [1.29, 1.82) is 0 Å². The Hall–Kier alpha value is -0.810. The highest BCUT2D eigenvalue weighted by Crippen LogP contribution is 2.12. The first-order valence-corrected chi connectivity index (χ1v) is 18.8. The molecule has 0 aliphatic carbocycles. The standard InChI is InChI=1S/C36H70ClNO4/c1-3-5-7-9-11-19-25-33-41-35(39)27-21-15-13-17-23-30-38(32-29-37)31-24-18-14-16-22-28-36(40)42-34-26-20-12-10-8-6-4-2/h3-34H2,1-2H3. The van der Waals surface area contributed by atoms with E-state index in [4.69, 9.17) is 21.1 Å². The summed E-state index contributed by atoms with van der Waals surface area (Å²) in [5.41, 5.74) is 0. The number of nitrogens with zero attached hydrogens (tertiary/aromatic N) is 1. The van der Waals surface area contributed by atoms with E-state index in [2.05, 4.69) is 18.7 Å². The summed E-state index contributed by atoms with van der Waals surface area (Å²) in [6, 6.07) is 0. The smallest absolute Gasteiger partial charge is 0.305 e. The van der Waals surface area contributed by atoms with Gasteiger partial charge >= 0.3 is 11.9 Å². The average Bonchev–Trinajstić information content (AvgIpc) is 2.98. The second kappa shape index (κ2) is 34.7. The topological polar surface area (TPSA) is 55.8 Å². The van der Waals surface area contributed by atoms with Gasteiger partial charge < -0.3 is 14.4 Å². The van der Waals surface area contributed by atoms with Gasteiger partial charge in [0.25, 0.3) is 0 Å². The van der Waals surface area contributed by atoms with Gasteiger partial charge in [-0.05, 0) is 51.6 Å². The summed E-state index contributed by atoms with van der Waals surface area (Å²) in [5.74, 6) is 0.642. The third-order valence-corrected chi connectivity index (χ3v) is 8.30. The van der Waals surface area contributed by atoms with Crippen LogP contribution in [0.2, 0.25) is 0 Å². The molecule has 0 radical (unpaired) electrons. The van der Waals surface area contributed by atoms with Crippen LogP contribution in [0.1, 0.15) is 181 Å². The Kier molecular flexibility index (Phi) is 34.0. The maximum Gasteiger partial charge on any atom is 0.305 e. The summed E-state index contributed by atoms with van der Waals surface area (Å²) >= 11 is 6.05. The van der Waals surface area contributed by atoms with Crippen molar-refractivity contribution in [3.8, 4) is 0 Å². The monoisotopic (exact) mass is 615 g/mol. The predicted octanol–water partition coefficient (Wildman–Crippen LogP) is 10.8. The van der Waals surface area contributed by atoms with Crippen LogP contribution in [-0.4, -0.2) is 55.6 Å². The van der Waals surface area contributed by atoms with E-state index in [0.717, 1.165) is 58.2 Å². The number of hydrogen-bond donors (Lipinski definition) is 0. The Labute approximate surface area is 266 Å². The second-order valence-corrected chi connectivity index (χ2v) is 12.6. The molecule has 0 aromatic carbocycles. The molecule has 0 heterocycles. The van der Waals surface area contributed by atoms with E-state index in [1.807, 2.05) is 0 Å². The van der Waals surface area contributed by atoms with Crippen molar-refractivity contribution in [3.05, 3.63) is 0 Å². The van der Waals surface area contributed by atoms with Crippen LogP contribution in [0, 0.1) is 0 Å². The van der Waals surface area contributed by atoms with Gasteiger partial charge in [0, 0.05) is 25.3 Å². The van der Waals surface area contributed by atoms with E-state index in [1.54, 1.807) is 0 Å². The zero-order valence-corrected chi connectivity index (χ0v) is 28.8. The van der Waals surface area contributed by atoms with Crippen molar-refractivity contribution < 1.29 is 19.1 Å². The van der Waals surface area contributed by atoms with E-state index >= 15 is 0 Å². The van der Waals surface area contributed by atoms with Crippen molar-refractivity contribution >= 4 is 23.5 Å². The number of unbranched alkanes of at least 4 members (excludes halogenated alkanes) is 20. The lowest BCUT2D eigenvalue weighted by molar-refractivity contribution is -0.144. The maximum absolute atomic E-state index is 11.9. The molecule has 0 spiro atoms. The number of halogens is 1. The Morgan fingerprint density at radius 1 is 0.452 bits per heavy atom. The first-order chi connectivity index (χ1) is 20.6. The Morgan fingerprint density at radius 3 is 1.17 bits per heavy atom. The molecule has 0 aromatic heterocycles. The van der Waals surface area contributed by atoms with Crippen LogP contribution in [0.3, 0.4) is 0 Å². The normalized spacial score (nSPS) is 11.3. The van der Waals surface area contributed by atoms with Crippen LogP contribution < -0.4 is 0 Å². The number of alkyl halides is 1. The minimum Gasteiger partial charge on any atom is -0.466 e. The lowest BCUT2D eigenvalue weighted by Crippen LogP contribution is -2.28. The minimum atomic E-state index is -0.0204. The van der Waals surface area contributed by atoms with Crippen molar-refractivity contribution in [3.63, 3.8) is 0 Å². The molecule has 5 nitrogen and oxygen atoms in total. The molecule has 0 aromatic rings. The first kappa shape index (κ1) is 41.2. The first-order valence-electron chi connectivity index (χ1n) is 18.2. The zero-order valence-electron chi connectivity index (χ0n) is 28.1. The molecule has 0 atom stereocenters. The summed E-state index contributed by atoms with van der Waals surface area (Å²) in [6.07, 6.45) is 29.8. The van der Waals surface area contributed by atoms with Gasteiger partial charge in [-0.1, -0.05) is 129 Å². The molecule has 0 saturated carbocycles. The molecule has 0 fully saturated rings. The molecule has 0 unspecified atom stereocenters. The molecule has 6 heteroatoms. The SMILES string of the molecule is CCCCCCCCCOC(=O)CCCCCCCN(CCCl)CCCCCCCC(=O)OCCCCCCCCC. The minimum absolute atomic E-state index is 0.0204. The zero-order chi connectivity index (χ0) is 30.8. The molecule has 0 saturated heterocycles. The van der Waals surface area contributed by atoms with Crippen LogP contribution in [0.25, 0.3) is 0 Å². The predicted molar refractivity (Wildman–Crippen MR) is 180 cm³/mol. The fourth-order valence-electron chi connectivity index (χ4n) is 5.36. The lowest BCUT2D eigenvalue weighted by Gasteiger charge is -2.21. The third kappa shape index (κ3) is 32.1. The van der Waals surface area contributed by atoms with Crippen LogP contribution in [0.4, 0.5) is 0 Å². The Morgan fingerprint density at radius 2 is 0.786 bits per heavy atom. The maximum atomic E-state index is 11.9. The van der Waals surface area contributed by atoms with Gasteiger partial charge in [0.2, 0.25) is 0 Å². The van der Waals surface area contributed by atoms with E-state index in [9.17, 15) is 9.59 Å². The van der Waals surface area contributed by atoms with Gasteiger partial charge in [0.05, 0.1) is 13.2 Å². The molecular formula is C36H70ClNO4. The van der Waals surface area contributed by atoms with Gasteiger partial charge in [-0.3, -0.25) is 9.59 Å². The highest BCUT2D eigenvalue weighted by molar-refractivity contribution is 6.18. The molecule has 42 heavy (non-hydrogen) atoms. The van der Waals surface area contributed by atoms with Crippen molar-refractivity contribution in [1.82, 2.24) is 4.90 Å². The molecule has 0 aliphatic heterocycles. The molecule has 0 amide bonds. The van der Waals surface area contributed by atoms with E-state index < -0.39 is 0 Å². The number of rotatable bonds is 34. The van der Waals surface area contributed by atoms with E-state index in [1.165, 1.54) is 116 Å². The van der Waals surface area contributed by atoms with Gasteiger partial charge in [0.1, 0.15) is 0 Å². The summed E-state index contributed by atoms with van der Waals surface area (Å²) in [6.45, 7) is 8.84. The van der Waals surface area contributed by atoms with Gasteiger partial charge in [-0.2, -0.15) is 0 Å². The van der Waals surface area contributed by atoms with Gasteiger partial charge in [-0.25, -0.2) is 0 Å². The Balaban J connectivity index is 3.54. The van der Waals surface area contributed by atoms with Crippen LogP contribution in [-0.2, 0) is 19.1 Å². The number of esters is 2. The number of hydrogen-bond acceptors (Lipinski definition) is 5. The highest BCUT2D eigenvalue weighted by Gasteiger charge is 2.06. The quantitative estimate of drug-likeness (QED) is 0.0409. The largest absolute Gasteiger partial charge is 0.466 e. The van der Waals surface area contributed by atoms with E-state index in [-0.39, 0.29) is 11.9 Å². The third-order valence-electron chi connectivity index (χ3n) is 8.13. The molecule has 250 valence electrons. The number of carbonyl (C=O) groups is 2. The number of carbonyl (C=O) groups excluding carboxylic acids is 2. The van der Waals surface area contributed by atoms with Crippen LogP contribution in [0.15, 0.2) is 0 Å². The highest BCUT2D eigenvalue weighted by atomic mass is 35.5. The number of ether oxygens (including phenoxy) is 2. The van der Waals surface area contributed by atoms with E-state index in [0.29, 0.717) is 31.9 Å². The van der Waals surface area contributed by atoms with Gasteiger partial charge in [-0.15, -0.1) is 11.6 Å². The molecule has 0 aliphatic rings. The molecular weight excluding hydrogens is 546 g/mol. The lowest BCUT2D eigenvalue weighted by atomic mass is 10.1. The van der Waals surface area contributed by atoms with Crippen LogP contribution in [0.5, 0.6) is 0 Å². The molecule has 0 N–H and O–H groups in total. The Bertz CT molecular complexity index is 529. The van der Waals surface area contributed by atoms with Crippen molar-refractivity contribution in [2.45, 2.75) is 181 Å². The fourth-order valence-corrected chi connectivity index (χ4v) is 5.60. The summed E-state index contributed by atoms with van der Waals surface area (Å²) in [4.78, 5) is 26.3. The fraction of sp³-hybridized carbons (Fsp3) is 0.944. The van der Waals surface area contributed by atoms with Crippen molar-refractivity contribution in [2.75, 3.05) is 38.7 Å². The molecule has 0 rings (SSSR count). The van der Waals surface area contributed by atoms with Crippen molar-refractivity contribution in [2.24, 2.45) is 0 Å². The molecule has 0 bridgehead atoms.